The average Bonchev–Trinajstić information content (AvgIpc) is 3.19. The van der Waals surface area contributed by atoms with Gasteiger partial charge in [-0.3, -0.25) is 0 Å². The predicted octanol–water partition coefficient (Wildman–Crippen LogP) is 5.06. The van der Waals surface area contributed by atoms with Crippen LogP contribution in [0.25, 0.3) is 11.3 Å². The maximum atomic E-state index is 13.3. The zero-order chi connectivity index (χ0) is 16.7. The second-order valence-electron chi connectivity index (χ2n) is 7.17. The van der Waals surface area contributed by atoms with Crippen molar-refractivity contribution in [1.29, 1.82) is 0 Å². The molecule has 0 amide bonds. The van der Waals surface area contributed by atoms with Crippen LogP contribution >= 0.6 is 0 Å². The maximum absolute atomic E-state index is 13.3. The zero-order valence-corrected chi connectivity index (χ0v) is 12.7. The van der Waals surface area contributed by atoms with Crippen LogP contribution in [0.15, 0.2) is 24.3 Å². The highest BCUT2D eigenvalue weighted by atomic mass is 19.4. The minimum atomic E-state index is -4.63. The topological polar surface area (TPSA) is 25.8 Å². The van der Waals surface area contributed by atoms with Crippen molar-refractivity contribution in [2.45, 2.75) is 43.7 Å². The van der Waals surface area contributed by atoms with Gasteiger partial charge in [0.15, 0.2) is 0 Å². The van der Waals surface area contributed by atoms with Gasteiger partial charge in [0.1, 0.15) is 5.82 Å². The molecule has 2 fully saturated rings. The van der Waals surface area contributed by atoms with Crippen molar-refractivity contribution in [3.63, 3.8) is 0 Å². The highest BCUT2D eigenvalue weighted by Crippen LogP contribution is 2.75. The van der Waals surface area contributed by atoms with Crippen molar-refractivity contribution in [3.05, 3.63) is 46.9 Å². The Balaban J connectivity index is 1.65. The van der Waals surface area contributed by atoms with Crippen molar-refractivity contribution in [3.8, 4) is 11.3 Å². The summed E-state index contributed by atoms with van der Waals surface area (Å²) in [5.74, 6) is -0.0768. The lowest BCUT2D eigenvalue weighted by molar-refractivity contribution is -0.137. The number of nitrogens with zero attached hydrogens (tertiary/aromatic N) is 2. The van der Waals surface area contributed by atoms with Crippen LogP contribution in [0.4, 0.5) is 17.6 Å². The van der Waals surface area contributed by atoms with Crippen molar-refractivity contribution < 1.29 is 17.6 Å². The van der Waals surface area contributed by atoms with Crippen LogP contribution in [-0.4, -0.2) is 10.2 Å². The molecule has 3 aliphatic carbocycles. The molecule has 0 N–H and O–H groups in total. The van der Waals surface area contributed by atoms with E-state index in [2.05, 4.69) is 10.2 Å². The van der Waals surface area contributed by atoms with Crippen LogP contribution in [0.1, 0.15) is 54.3 Å². The van der Waals surface area contributed by atoms with E-state index < -0.39 is 17.6 Å². The quantitative estimate of drug-likeness (QED) is 0.682. The fourth-order valence-corrected chi connectivity index (χ4v) is 4.94. The number of benzene rings is 1. The first-order valence-corrected chi connectivity index (χ1v) is 8.15. The molecule has 2 bridgehead atoms. The molecular weight excluding hydrogens is 320 g/mol. The molecule has 0 aliphatic heterocycles. The van der Waals surface area contributed by atoms with Crippen molar-refractivity contribution in [1.82, 2.24) is 10.2 Å². The monoisotopic (exact) mass is 334 g/mol. The summed E-state index contributed by atoms with van der Waals surface area (Å²) in [4.78, 5) is 0. The van der Waals surface area contributed by atoms with E-state index in [1.165, 1.54) is 12.8 Å². The van der Waals surface area contributed by atoms with Gasteiger partial charge in [-0.15, -0.1) is 0 Å². The van der Waals surface area contributed by atoms with Crippen LogP contribution in [0, 0.1) is 11.2 Å². The molecule has 3 aliphatic rings. The Labute approximate surface area is 135 Å². The van der Waals surface area contributed by atoms with E-state index in [0.29, 0.717) is 23.3 Å². The smallest absolute Gasteiger partial charge is 0.207 e. The third kappa shape index (κ3) is 1.77. The van der Waals surface area contributed by atoms with Gasteiger partial charge in [-0.1, -0.05) is 0 Å². The van der Waals surface area contributed by atoms with Crippen molar-refractivity contribution in [2.24, 2.45) is 5.41 Å². The van der Waals surface area contributed by atoms with E-state index in [0.717, 1.165) is 36.2 Å². The number of alkyl halides is 3. The van der Waals surface area contributed by atoms with E-state index in [-0.39, 0.29) is 11.3 Å². The normalized spacial score (nSPS) is 26.0. The molecule has 1 aromatic heterocycles. The van der Waals surface area contributed by atoms with Gasteiger partial charge in [0, 0.05) is 11.5 Å². The molecule has 6 heteroatoms. The second-order valence-corrected chi connectivity index (χ2v) is 7.17. The number of halogens is 4. The number of aromatic nitrogens is 2. The summed E-state index contributed by atoms with van der Waals surface area (Å²) in [6.07, 6.45) is -0.0833. The Hall–Kier alpha value is -1.98. The van der Waals surface area contributed by atoms with Gasteiger partial charge in [0.2, 0.25) is 0 Å². The molecule has 24 heavy (non-hydrogen) atoms. The summed E-state index contributed by atoms with van der Waals surface area (Å²) in [5.41, 5.74) is 1.43. The first-order valence-electron chi connectivity index (χ1n) is 8.15. The van der Waals surface area contributed by atoms with Crippen LogP contribution in [0.2, 0.25) is 0 Å². The molecule has 2 atom stereocenters. The summed E-state index contributed by atoms with van der Waals surface area (Å²) < 4.78 is 53.1. The Morgan fingerprint density at radius 1 is 1.00 bits per heavy atom. The van der Waals surface area contributed by atoms with Crippen molar-refractivity contribution in [2.75, 3.05) is 0 Å². The van der Waals surface area contributed by atoms with Gasteiger partial charge in [0.25, 0.3) is 0 Å². The first-order chi connectivity index (χ1) is 11.4. The zero-order valence-electron chi connectivity index (χ0n) is 12.7. The minimum absolute atomic E-state index is 0.105. The Morgan fingerprint density at radius 2 is 1.75 bits per heavy atom. The van der Waals surface area contributed by atoms with Crippen LogP contribution in [0.5, 0.6) is 0 Å². The molecular formula is C18H14F4N2. The molecule has 0 unspecified atom stereocenters. The summed E-state index contributed by atoms with van der Waals surface area (Å²) in [5, 5.41) is 8.35. The van der Waals surface area contributed by atoms with Crippen LogP contribution in [0.3, 0.4) is 0 Å². The first kappa shape index (κ1) is 14.4. The van der Waals surface area contributed by atoms with E-state index in [1.807, 2.05) is 0 Å². The van der Waals surface area contributed by atoms with Crippen molar-refractivity contribution >= 4 is 0 Å². The molecule has 5 rings (SSSR count). The Morgan fingerprint density at radius 3 is 2.46 bits per heavy atom. The SMILES string of the molecule is Fc1ccc(-c2cc3c(nn2)[C@@H]2CC[C@H]3C23CC3)c(C(F)(F)F)c1. The lowest BCUT2D eigenvalue weighted by Gasteiger charge is -2.16. The standard InChI is InChI=1S/C18H14F4N2/c19-9-1-2-10(14(7-9)18(20,21)22)15-8-11-12-3-4-13(16(11)24-23-15)17(12)5-6-17/h1-2,7-8,12-13H,3-6H2/t12-,13+/m1/s1. The molecule has 124 valence electrons. The summed E-state index contributed by atoms with van der Waals surface area (Å²) in [7, 11) is 0. The lowest BCUT2D eigenvalue weighted by Crippen LogP contribution is -2.10. The van der Waals surface area contributed by atoms with Crippen LogP contribution < -0.4 is 0 Å². The van der Waals surface area contributed by atoms with Gasteiger partial charge in [-0.25, -0.2) is 4.39 Å². The largest absolute Gasteiger partial charge is 0.417 e. The summed E-state index contributed by atoms with van der Waals surface area (Å²) in [6, 6.07) is 4.47. The van der Waals surface area contributed by atoms with Gasteiger partial charge >= 0.3 is 6.18 Å². The van der Waals surface area contributed by atoms with Gasteiger partial charge < -0.3 is 0 Å². The van der Waals surface area contributed by atoms with E-state index in [4.69, 9.17) is 0 Å². The molecule has 0 saturated heterocycles. The number of fused-ring (bicyclic) bond motifs is 3. The fraction of sp³-hybridized carbons (Fsp3) is 0.444. The molecule has 0 radical (unpaired) electrons. The summed E-state index contributed by atoms with van der Waals surface area (Å²) >= 11 is 0. The van der Waals surface area contributed by atoms with E-state index >= 15 is 0 Å². The Kier molecular flexibility index (Phi) is 2.60. The Bertz CT molecular complexity index is 855. The lowest BCUT2D eigenvalue weighted by atomic mass is 9.91. The molecule has 1 spiro atoms. The maximum Gasteiger partial charge on any atom is 0.417 e. The van der Waals surface area contributed by atoms with E-state index in [9.17, 15) is 17.6 Å². The molecule has 2 aromatic rings. The molecule has 2 saturated carbocycles. The highest BCUT2D eigenvalue weighted by Gasteiger charge is 2.64. The minimum Gasteiger partial charge on any atom is -0.207 e. The highest BCUT2D eigenvalue weighted by molar-refractivity contribution is 5.66. The fourth-order valence-electron chi connectivity index (χ4n) is 4.94. The van der Waals surface area contributed by atoms with Gasteiger partial charge in [-0.2, -0.15) is 23.4 Å². The number of hydrogen-bond donors (Lipinski definition) is 0. The average molecular weight is 334 g/mol. The summed E-state index contributed by atoms with van der Waals surface area (Å²) in [6.45, 7) is 0. The molecule has 1 heterocycles. The van der Waals surface area contributed by atoms with Crippen LogP contribution in [-0.2, 0) is 6.18 Å². The third-order valence-corrected chi connectivity index (χ3v) is 6.08. The molecule has 2 nitrogen and oxygen atoms in total. The number of hydrogen-bond acceptors (Lipinski definition) is 2. The van der Waals surface area contributed by atoms with Gasteiger partial charge in [0.05, 0.1) is 17.0 Å². The third-order valence-electron chi connectivity index (χ3n) is 6.08. The predicted molar refractivity (Wildman–Crippen MR) is 78.8 cm³/mol. The number of rotatable bonds is 1. The second kappa shape index (κ2) is 4.35. The van der Waals surface area contributed by atoms with Gasteiger partial charge in [-0.05, 0) is 66.8 Å². The molecule has 1 aromatic carbocycles. The van der Waals surface area contributed by atoms with E-state index in [1.54, 1.807) is 6.07 Å².